The van der Waals surface area contributed by atoms with E-state index in [0.29, 0.717) is 0 Å². The van der Waals surface area contributed by atoms with Gasteiger partial charge in [-0.05, 0) is 37.8 Å². The molecule has 2 rings (SSSR count). The number of nitrogens with one attached hydrogen (secondary N) is 1. The van der Waals surface area contributed by atoms with Gasteiger partial charge in [0.25, 0.3) is 0 Å². The Morgan fingerprint density at radius 1 is 1.47 bits per heavy atom. The summed E-state index contributed by atoms with van der Waals surface area (Å²) in [6.45, 7) is 7.69. The lowest BCUT2D eigenvalue weighted by Crippen LogP contribution is -2.17. The predicted octanol–water partition coefficient (Wildman–Crippen LogP) is 2.53. The summed E-state index contributed by atoms with van der Waals surface area (Å²) in [6.07, 6.45) is 2.70. The van der Waals surface area contributed by atoms with Gasteiger partial charge in [-0.2, -0.15) is 0 Å². The summed E-state index contributed by atoms with van der Waals surface area (Å²) >= 11 is 0. The topological polar surface area (TPSA) is 17.0 Å². The van der Waals surface area contributed by atoms with E-state index in [-0.39, 0.29) is 0 Å². The second kappa shape index (κ2) is 4.01. The number of aromatic nitrogens is 1. The van der Waals surface area contributed by atoms with Gasteiger partial charge in [-0.1, -0.05) is 13.3 Å². The maximum absolute atomic E-state index is 3.64. The summed E-state index contributed by atoms with van der Waals surface area (Å²) in [7, 11) is 2.14. The van der Waals surface area contributed by atoms with E-state index in [2.05, 4.69) is 43.8 Å². The first-order chi connectivity index (χ1) is 7.13. The predicted molar refractivity (Wildman–Crippen MR) is 63.9 cm³/mol. The summed E-state index contributed by atoms with van der Waals surface area (Å²) in [5, 5.41) is 3.64. The molecule has 1 fully saturated rings. The first-order valence-electron chi connectivity index (χ1n) is 5.98. The van der Waals surface area contributed by atoms with Gasteiger partial charge in [-0.3, -0.25) is 0 Å². The molecule has 0 aliphatic heterocycles. The molecule has 0 amide bonds. The lowest BCUT2D eigenvalue weighted by Gasteiger charge is -2.04. The van der Waals surface area contributed by atoms with Crippen molar-refractivity contribution in [2.45, 2.75) is 46.2 Å². The van der Waals surface area contributed by atoms with Crippen molar-refractivity contribution >= 4 is 0 Å². The summed E-state index contributed by atoms with van der Waals surface area (Å²) < 4.78 is 2.27. The average Bonchev–Trinajstić information content (AvgIpc) is 2.95. The standard InChI is InChI=1S/C13H22N2/c1-5-11-7-13(11)14-8-12-6-9(2)15(4)10(12)3/h6,11,13-14H,5,7-8H2,1-4H3. The Morgan fingerprint density at radius 2 is 2.20 bits per heavy atom. The van der Waals surface area contributed by atoms with Crippen molar-refractivity contribution in [2.24, 2.45) is 13.0 Å². The summed E-state index contributed by atoms with van der Waals surface area (Å²) in [4.78, 5) is 0. The molecule has 0 saturated heterocycles. The number of hydrogen-bond acceptors (Lipinski definition) is 1. The van der Waals surface area contributed by atoms with Crippen molar-refractivity contribution in [3.8, 4) is 0 Å². The summed E-state index contributed by atoms with van der Waals surface area (Å²) in [5.74, 6) is 0.940. The molecule has 1 heterocycles. The van der Waals surface area contributed by atoms with Crippen molar-refractivity contribution in [3.63, 3.8) is 0 Å². The molecule has 15 heavy (non-hydrogen) atoms. The fourth-order valence-corrected chi connectivity index (χ4v) is 2.30. The minimum Gasteiger partial charge on any atom is -0.352 e. The Hall–Kier alpha value is -0.760. The number of hydrogen-bond donors (Lipinski definition) is 1. The molecule has 84 valence electrons. The Kier molecular flexibility index (Phi) is 2.87. The molecule has 1 aromatic rings. The van der Waals surface area contributed by atoms with Gasteiger partial charge in [0.2, 0.25) is 0 Å². The van der Waals surface area contributed by atoms with Crippen molar-refractivity contribution < 1.29 is 0 Å². The van der Waals surface area contributed by atoms with E-state index < -0.39 is 0 Å². The highest BCUT2D eigenvalue weighted by molar-refractivity contribution is 5.26. The van der Waals surface area contributed by atoms with Gasteiger partial charge in [0.05, 0.1) is 0 Å². The molecule has 1 saturated carbocycles. The molecule has 0 radical (unpaired) electrons. The van der Waals surface area contributed by atoms with Crippen LogP contribution in [0, 0.1) is 19.8 Å². The van der Waals surface area contributed by atoms with E-state index in [4.69, 9.17) is 0 Å². The summed E-state index contributed by atoms with van der Waals surface area (Å²) in [5.41, 5.74) is 4.21. The van der Waals surface area contributed by atoms with Crippen LogP contribution in [0.3, 0.4) is 0 Å². The zero-order chi connectivity index (χ0) is 11.0. The molecule has 2 atom stereocenters. The fraction of sp³-hybridized carbons (Fsp3) is 0.692. The molecule has 2 unspecified atom stereocenters. The van der Waals surface area contributed by atoms with Crippen molar-refractivity contribution in [3.05, 3.63) is 23.0 Å². The minimum absolute atomic E-state index is 0.787. The third-order valence-corrected chi connectivity index (χ3v) is 3.88. The fourth-order valence-electron chi connectivity index (χ4n) is 2.30. The van der Waals surface area contributed by atoms with Crippen LogP contribution in [0.5, 0.6) is 0 Å². The van der Waals surface area contributed by atoms with Gasteiger partial charge in [-0.25, -0.2) is 0 Å². The zero-order valence-corrected chi connectivity index (χ0v) is 10.3. The highest BCUT2D eigenvalue weighted by Crippen LogP contribution is 2.33. The van der Waals surface area contributed by atoms with Crippen LogP contribution < -0.4 is 5.32 Å². The van der Waals surface area contributed by atoms with E-state index in [1.165, 1.54) is 29.8 Å². The van der Waals surface area contributed by atoms with Crippen LogP contribution >= 0.6 is 0 Å². The largest absolute Gasteiger partial charge is 0.352 e. The molecule has 1 N–H and O–H groups in total. The Morgan fingerprint density at radius 3 is 2.67 bits per heavy atom. The molecule has 0 spiro atoms. The first kappa shape index (κ1) is 10.7. The van der Waals surface area contributed by atoms with Crippen molar-refractivity contribution in [2.75, 3.05) is 0 Å². The SMILES string of the molecule is CCC1CC1NCc1cc(C)n(C)c1C. The molecular weight excluding hydrogens is 184 g/mol. The second-order valence-corrected chi connectivity index (χ2v) is 4.85. The van der Waals surface area contributed by atoms with Gasteiger partial charge < -0.3 is 9.88 Å². The molecule has 0 aromatic carbocycles. The highest BCUT2D eigenvalue weighted by atomic mass is 15.0. The van der Waals surface area contributed by atoms with Gasteiger partial charge in [0.15, 0.2) is 0 Å². The van der Waals surface area contributed by atoms with Crippen LogP contribution in [-0.4, -0.2) is 10.6 Å². The molecule has 1 aliphatic rings. The number of rotatable bonds is 4. The van der Waals surface area contributed by atoms with Gasteiger partial charge in [0, 0.05) is 31.0 Å². The van der Waals surface area contributed by atoms with E-state index in [1.807, 2.05) is 0 Å². The number of aryl methyl sites for hydroxylation is 1. The molecule has 0 bridgehead atoms. The highest BCUT2D eigenvalue weighted by Gasteiger charge is 2.34. The quantitative estimate of drug-likeness (QED) is 0.801. The molecule has 1 aromatic heterocycles. The normalized spacial score (nSPS) is 24.5. The van der Waals surface area contributed by atoms with Gasteiger partial charge in [-0.15, -0.1) is 0 Å². The van der Waals surface area contributed by atoms with Crippen LogP contribution in [0.1, 0.15) is 36.7 Å². The minimum atomic E-state index is 0.787. The van der Waals surface area contributed by atoms with Crippen LogP contribution in [0.15, 0.2) is 6.07 Å². The number of nitrogens with zero attached hydrogens (tertiary/aromatic N) is 1. The first-order valence-corrected chi connectivity index (χ1v) is 5.98. The van der Waals surface area contributed by atoms with Crippen molar-refractivity contribution in [1.82, 2.24) is 9.88 Å². The van der Waals surface area contributed by atoms with Crippen LogP contribution in [0.2, 0.25) is 0 Å². The van der Waals surface area contributed by atoms with Crippen LogP contribution in [0.25, 0.3) is 0 Å². The van der Waals surface area contributed by atoms with Crippen molar-refractivity contribution in [1.29, 1.82) is 0 Å². The molecule has 2 heteroatoms. The van der Waals surface area contributed by atoms with Crippen LogP contribution in [0.4, 0.5) is 0 Å². The lowest BCUT2D eigenvalue weighted by atomic mass is 10.2. The monoisotopic (exact) mass is 206 g/mol. The lowest BCUT2D eigenvalue weighted by molar-refractivity contribution is 0.621. The third kappa shape index (κ3) is 2.10. The molecular formula is C13H22N2. The smallest absolute Gasteiger partial charge is 0.0226 e. The van der Waals surface area contributed by atoms with Gasteiger partial charge >= 0.3 is 0 Å². The maximum Gasteiger partial charge on any atom is 0.0226 e. The third-order valence-electron chi connectivity index (χ3n) is 3.88. The van der Waals surface area contributed by atoms with Crippen LogP contribution in [-0.2, 0) is 13.6 Å². The van der Waals surface area contributed by atoms with Gasteiger partial charge in [0.1, 0.15) is 0 Å². The Bertz CT molecular complexity index is 352. The van der Waals surface area contributed by atoms with E-state index in [1.54, 1.807) is 0 Å². The zero-order valence-electron chi connectivity index (χ0n) is 10.3. The maximum atomic E-state index is 3.64. The Labute approximate surface area is 92.7 Å². The molecule has 1 aliphatic carbocycles. The Balaban J connectivity index is 1.91. The summed E-state index contributed by atoms with van der Waals surface area (Å²) in [6, 6.07) is 3.08. The average molecular weight is 206 g/mol. The second-order valence-electron chi connectivity index (χ2n) is 4.85. The molecule has 2 nitrogen and oxygen atoms in total. The van der Waals surface area contributed by atoms with E-state index in [9.17, 15) is 0 Å². The van der Waals surface area contributed by atoms with E-state index >= 15 is 0 Å². The van der Waals surface area contributed by atoms with E-state index in [0.717, 1.165) is 18.5 Å².